The van der Waals surface area contributed by atoms with Gasteiger partial charge in [0.1, 0.15) is 5.54 Å². The highest BCUT2D eigenvalue weighted by Gasteiger charge is 2.22. The van der Waals surface area contributed by atoms with Gasteiger partial charge in [0.2, 0.25) is 0 Å². The molecule has 0 aliphatic heterocycles. The molecule has 4 heteroatoms. The topological polar surface area (TPSA) is 59.0 Å². The molecule has 1 aromatic rings. The number of ether oxygens (including phenoxy) is 1. The Bertz CT molecular complexity index is 438. The molecule has 92 valence electrons. The zero-order valence-electron chi connectivity index (χ0n) is 10.3. The third kappa shape index (κ3) is 3.72. The molecule has 0 aromatic heterocycles. The summed E-state index contributed by atoms with van der Waals surface area (Å²) in [7, 11) is 0. The Labute approximate surface area is 101 Å². The SMILES string of the molecule is Cc1cccc(OC(C)CC(C)(N)C#N)c1F. The van der Waals surface area contributed by atoms with Gasteiger partial charge in [-0.1, -0.05) is 12.1 Å². The number of hydrogen-bond donors (Lipinski definition) is 1. The maximum Gasteiger partial charge on any atom is 0.167 e. The molecule has 0 radical (unpaired) electrons. The fourth-order valence-electron chi connectivity index (χ4n) is 1.61. The summed E-state index contributed by atoms with van der Waals surface area (Å²) in [5.74, 6) is -0.165. The lowest BCUT2D eigenvalue weighted by atomic mass is 9.98. The van der Waals surface area contributed by atoms with Gasteiger partial charge in [0.15, 0.2) is 11.6 Å². The highest BCUT2D eigenvalue weighted by molar-refractivity contribution is 5.30. The van der Waals surface area contributed by atoms with Crippen molar-refractivity contribution in [1.82, 2.24) is 0 Å². The first-order valence-corrected chi connectivity index (χ1v) is 5.47. The van der Waals surface area contributed by atoms with Crippen LogP contribution in [0.1, 0.15) is 25.8 Å². The molecule has 0 saturated heterocycles. The second kappa shape index (κ2) is 5.15. The average Bonchev–Trinajstić information content (AvgIpc) is 2.24. The summed E-state index contributed by atoms with van der Waals surface area (Å²) >= 11 is 0. The van der Waals surface area contributed by atoms with Crippen LogP contribution >= 0.6 is 0 Å². The number of rotatable bonds is 4. The predicted octanol–water partition coefficient (Wildman–Crippen LogP) is 2.53. The van der Waals surface area contributed by atoms with Gasteiger partial charge in [-0.15, -0.1) is 0 Å². The number of nitrogens with two attached hydrogens (primary N) is 1. The highest BCUT2D eigenvalue weighted by atomic mass is 19.1. The number of benzene rings is 1. The van der Waals surface area contributed by atoms with E-state index in [2.05, 4.69) is 0 Å². The maximum atomic E-state index is 13.7. The molecule has 0 heterocycles. The first-order valence-electron chi connectivity index (χ1n) is 5.47. The Morgan fingerprint density at radius 3 is 2.82 bits per heavy atom. The van der Waals surface area contributed by atoms with Crippen LogP contribution in [-0.4, -0.2) is 11.6 Å². The molecule has 2 unspecified atom stereocenters. The van der Waals surface area contributed by atoms with Gasteiger partial charge in [0.05, 0.1) is 12.2 Å². The molecule has 0 amide bonds. The minimum Gasteiger partial charge on any atom is -0.488 e. The van der Waals surface area contributed by atoms with Crippen LogP contribution in [0.25, 0.3) is 0 Å². The summed E-state index contributed by atoms with van der Waals surface area (Å²) in [6, 6.07) is 6.96. The lowest BCUT2D eigenvalue weighted by molar-refractivity contribution is 0.183. The van der Waals surface area contributed by atoms with Gasteiger partial charge in [-0.3, -0.25) is 0 Å². The number of hydrogen-bond acceptors (Lipinski definition) is 3. The molecule has 2 N–H and O–H groups in total. The molecular formula is C13H17FN2O. The number of nitrogens with zero attached hydrogens (tertiary/aromatic N) is 1. The lowest BCUT2D eigenvalue weighted by Gasteiger charge is -2.22. The summed E-state index contributed by atoms with van der Waals surface area (Å²) in [6.45, 7) is 5.07. The molecule has 2 atom stereocenters. The monoisotopic (exact) mass is 236 g/mol. The molecule has 0 bridgehead atoms. The van der Waals surface area contributed by atoms with E-state index in [-0.39, 0.29) is 17.7 Å². The van der Waals surface area contributed by atoms with Crippen LogP contribution < -0.4 is 10.5 Å². The van der Waals surface area contributed by atoms with Gasteiger partial charge in [0, 0.05) is 6.42 Å². The van der Waals surface area contributed by atoms with Crippen LogP contribution in [0.4, 0.5) is 4.39 Å². The van der Waals surface area contributed by atoms with E-state index in [4.69, 9.17) is 15.7 Å². The molecule has 0 saturated carbocycles. The zero-order chi connectivity index (χ0) is 13.1. The smallest absolute Gasteiger partial charge is 0.167 e. The predicted molar refractivity (Wildman–Crippen MR) is 64.0 cm³/mol. The normalized spacial score (nSPS) is 15.8. The van der Waals surface area contributed by atoms with E-state index in [1.807, 2.05) is 6.07 Å². The second-order valence-electron chi connectivity index (χ2n) is 4.55. The molecule has 0 aliphatic carbocycles. The van der Waals surface area contributed by atoms with E-state index >= 15 is 0 Å². The van der Waals surface area contributed by atoms with Gasteiger partial charge in [0.25, 0.3) is 0 Å². The van der Waals surface area contributed by atoms with Gasteiger partial charge < -0.3 is 10.5 Å². The largest absolute Gasteiger partial charge is 0.488 e. The summed E-state index contributed by atoms with van der Waals surface area (Å²) in [4.78, 5) is 0. The van der Waals surface area contributed by atoms with Crippen molar-refractivity contribution in [3.05, 3.63) is 29.6 Å². The van der Waals surface area contributed by atoms with Crippen molar-refractivity contribution < 1.29 is 9.13 Å². The summed E-state index contributed by atoms with van der Waals surface area (Å²) in [6.07, 6.45) is 0.0256. The minimum absolute atomic E-state index is 0.200. The number of nitriles is 1. The Kier molecular flexibility index (Phi) is 4.08. The molecule has 0 fully saturated rings. The van der Waals surface area contributed by atoms with E-state index in [1.54, 1.807) is 39.0 Å². The van der Waals surface area contributed by atoms with Gasteiger partial charge in [-0.2, -0.15) is 5.26 Å². The van der Waals surface area contributed by atoms with Crippen molar-refractivity contribution >= 4 is 0 Å². The minimum atomic E-state index is -0.959. The fourth-order valence-corrected chi connectivity index (χ4v) is 1.61. The molecule has 1 aromatic carbocycles. The second-order valence-corrected chi connectivity index (χ2v) is 4.55. The standard InChI is InChI=1S/C13H17FN2O/c1-9-5-4-6-11(12(9)14)17-10(2)7-13(3,16)8-15/h4-6,10H,7,16H2,1-3H3. The van der Waals surface area contributed by atoms with Crippen LogP contribution in [0.3, 0.4) is 0 Å². The van der Waals surface area contributed by atoms with E-state index < -0.39 is 5.54 Å². The van der Waals surface area contributed by atoms with Crippen LogP contribution in [0.5, 0.6) is 5.75 Å². The van der Waals surface area contributed by atoms with Gasteiger partial charge in [-0.25, -0.2) is 4.39 Å². The molecular weight excluding hydrogens is 219 g/mol. The van der Waals surface area contributed by atoms with Crippen LogP contribution in [-0.2, 0) is 0 Å². The third-order valence-corrected chi connectivity index (χ3v) is 2.45. The average molecular weight is 236 g/mol. The fraction of sp³-hybridized carbons (Fsp3) is 0.462. The number of aryl methyl sites for hydroxylation is 1. The van der Waals surface area contributed by atoms with Crippen molar-refractivity contribution in [3.8, 4) is 11.8 Å². The van der Waals surface area contributed by atoms with Crippen molar-refractivity contribution in [2.45, 2.75) is 38.8 Å². The third-order valence-electron chi connectivity index (χ3n) is 2.45. The summed E-state index contributed by atoms with van der Waals surface area (Å²) < 4.78 is 19.1. The molecule has 1 rings (SSSR count). The van der Waals surface area contributed by atoms with Crippen molar-refractivity contribution in [2.24, 2.45) is 5.73 Å². The quantitative estimate of drug-likeness (QED) is 0.873. The van der Waals surface area contributed by atoms with E-state index in [0.29, 0.717) is 12.0 Å². The first kappa shape index (κ1) is 13.5. The van der Waals surface area contributed by atoms with E-state index in [0.717, 1.165) is 0 Å². The highest BCUT2D eigenvalue weighted by Crippen LogP contribution is 2.22. The Morgan fingerprint density at radius 1 is 1.59 bits per heavy atom. The van der Waals surface area contributed by atoms with E-state index in [9.17, 15) is 4.39 Å². The molecule has 17 heavy (non-hydrogen) atoms. The van der Waals surface area contributed by atoms with Crippen LogP contribution in [0, 0.1) is 24.1 Å². The Balaban J connectivity index is 2.73. The van der Waals surface area contributed by atoms with E-state index in [1.165, 1.54) is 0 Å². The first-order chi connectivity index (χ1) is 7.85. The maximum absolute atomic E-state index is 13.7. The molecule has 0 spiro atoms. The zero-order valence-corrected chi connectivity index (χ0v) is 10.3. The van der Waals surface area contributed by atoms with Crippen molar-refractivity contribution in [2.75, 3.05) is 0 Å². The summed E-state index contributed by atoms with van der Waals surface area (Å²) in [5.41, 5.74) is 5.28. The van der Waals surface area contributed by atoms with Crippen LogP contribution in [0.15, 0.2) is 18.2 Å². The van der Waals surface area contributed by atoms with Gasteiger partial charge >= 0.3 is 0 Å². The van der Waals surface area contributed by atoms with Crippen molar-refractivity contribution in [1.29, 1.82) is 5.26 Å². The Hall–Kier alpha value is -1.60. The molecule has 0 aliphatic rings. The van der Waals surface area contributed by atoms with Crippen LogP contribution in [0.2, 0.25) is 0 Å². The number of halogens is 1. The lowest BCUT2D eigenvalue weighted by Crippen LogP contribution is -2.38. The summed E-state index contributed by atoms with van der Waals surface area (Å²) in [5, 5.41) is 8.80. The van der Waals surface area contributed by atoms with Gasteiger partial charge in [-0.05, 0) is 32.4 Å². The molecule has 3 nitrogen and oxygen atoms in total. The Morgan fingerprint density at radius 2 is 2.24 bits per heavy atom. The van der Waals surface area contributed by atoms with Crippen molar-refractivity contribution in [3.63, 3.8) is 0 Å².